The Bertz CT molecular complexity index is 1170. The Kier molecular flexibility index (Phi) is 4.16. The van der Waals surface area contributed by atoms with Gasteiger partial charge in [0.15, 0.2) is 5.82 Å². The van der Waals surface area contributed by atoms with Crippen molar-refractivity contribution in [3.05, 3.63) is 59.1 Å². The van der Waals surface area contributed by atoms with E-state index in [4.69, 9.17) is 23.1 Å². The molecule has 2 heterocycles. The molecule has 0 amide bonds. The van der Waals surface area contributed by atoms with E-state index in [9.17, 15) is 4.39 Å². The van der Waals surface area contributed by atoms with Crippen molar-refractivity contribution in [2.24, 2.45) is 0 Å². The van der Waals surface area contributed by atoms with Crippen LogP contribution in [0.1, 0.15) is 12.7 Å². The number of fused-ring (bicyclic) bond motifs is 1. The summed E-state index contributed by atoms with van der Waals surface area (Å²) in [4.78, 5) is 13.1. The zero-order valence-corrected chi connectivity index (χ0v) is 15.2. The van der Waals surface area contributed by atoms with Crippen LogP contribution in [0.25, 0.3) is 28.0 Å². The molecule has 0 radical (unpaired) electrons. The number of imidazole rings is 1. The molecule has 0 fully saturated rings. The van der Waals surface area contributed by atoms with E-state index >= 15 is 0 Å². The van der Waals surface area contributed by atoms with Crippen molar-refractivity contribution in [2.45, 2.75) is 13.3 Å². The summed E-state index contributed by atoms with van der Waals surface area (Å²) in [6.07, 6.45) is 0.606. The highest BCUT2D eigenvalue weighted by Gasteiger charge is 2.21. The molecule has 0 aliphatic rings. The quantitative estimate of drug-likeness (QED) is 0.558. The van der Waals surface area contributed by atoms with Crippen molar-refractivity contribution >= 4 is 34.4 Å². The number of aromatic nitrogens is 4. The van der Waals surface area contributed by atoms with Crippen molar-refractivity contribution in [3.8, 4) is 16.9 Å². The predicted molar refractivity (Wildman–Crippen MR) is 105 cm³/mol. The van der Waals surface area contributed by atoms with E-state index in [1.54, 1.807) is 22.8 Å². The van der Waals surface area contributed by atoms with E-state index in [0.717, 1.165) is 5.56 Å². The predicted octanol–water partition coefficient (Wildman–Crippen LogP) is 4.00. The minimum atomic E-state index is -0.370. The van der Waals surface area contributed by atoms with Gasteiger partial charge in [0.2, 0.25) is 5.95 Å². The molecule has 0 spiro atoms. The van der Waals surface area contributed by atoms with Crippen LogP contribution in [0, 0.1) is 5.82 Å². The Morgan fingerprint density at radius 2 is 1.89 bits per heavy atom. The SMILES string of the molecule is CCc1nc2ccc(F)cc2n1-c1nc(N)nc(N)c1-c1cccc(Cl)c1. The molecule has 4 rings (SSSR count). The summed E-state index contributed by atoms with van der Waals surface area (Å²) in [5.41, 5.74) is 14.6. The van der Waals surface area contributed by atoms with Crippen molar-refractivity contribution < 1.29 is 4.39 Å². The van der Waals surface area contributed by atoms with Crippen molar-refractivity contribution in [1.82, 2.24) is 19.5 Å². The maximum absolute atomic E-state index is 13.9. The number of nitrogen functional groups attached to an aromatic ring is 2. The highest BCUT2D eigenvalue weighted by molar-refractivity contribution is 6.30. The molecule has 0 saturated carbocycles. The van der Waals surface area contributed by atoms with E-state index in [1.165, 1.54) is 12.1 Å². The number of rotatable bonds is 3. The van der Waals surface area contributed by atoms with Gasteiger partial charge in [0.1, 0.15) is 17.5 Å². The van der Waals surface area contributed by atoms with Crippen molar-refractivity contribution in [2.75, 3.05) is 11.5 Å². The molecule has 0 saturated heterocycles. The van der Waals surface area contributed by atoms with Crippen LogP contribution in [0.15, 0.2) is 42.5 Å². The number of hydrogen-bond acceptors (Lipinski definition) is 5. The van der Waals surface area contributed by atoms with Crippen LogP contribution in [-0.2, 0) is 6.42 Å². The molecular weight excluding hydrogens is 367 g/mol. The van der Waals surface area contributed by atoms with Crippen LogP contribution in [0.5, 0.6) is 0 Å². The van der Waals surface area contributed by atoms with Gasteiger partial charge in [0.05, 0.1) is 16.6 Å². The molecule has 0 unspecified atom stereocenters. The van der Waals surface area contributed by atoms with Gasteiger partial charge in [-0.2, -0.15) is 9.97 Å². The monoisotopic (exact) mass is 382 g/mol. The first kappa shape index (κ1) is 17.2. The number of benzene rings is 2. The topological polar surface area (TPSA) is 95.6 Å². The number of hydrogen-bond donors (Lipinski definition) is 2. The first-order valence-corrected chi connectivity index (χ1v) is 8.72. The van der Waals surface area contributed by atoms with E-state index < -0.39 is 0 Å². The Morgan fingerprint density at radius 1 is 1.07 bits per heavy atom. The second-order valence-corrected chi connectivity index (χ2v) is 6.46. The fraction of sp³-hybridized carbons (Fsp3) is 0.105. The zero-order valence-electron chi connectivity index (χ0n) is 14.4. The molecular formula is C19H16ClFN6. The summed E-state index contributed by atoms with van der Waals surface area (Å²) in [6.45, 7) is 1.96. The van der Waals surface area contributed by atoms with Crippen molar-refractivity contribution in [3.63, 3.8) is 0 Å². The number of anilines is 2. The molecule has 27 heavy (non-hydrogen) atoms. The first-order chi connectivity index (χ1) is 13.0. The molecule has 0 atom stereocenters. The second-order valence-electron chi connectivity index (χ2n) is 6.03. The molecule has 4 N–H and O–H groups in total. The highest BCUT2D eigenvalue weighted by atomic mass is 35.5. The third-order valence-electron chi connectivity index (χ3n) is 4.26. The lowest BCUT2D eigenvalue weighted by molar-refractivity contribution is 0.629. The molecule has 2 aromatic carbocycles. The average molecular weight is 383 g/mol. The van der Waals surface area contributed by atoms with Gasteiger partial charge < -0.3 is 11.5 Å². The van der Waals surface area contributed by atoms with Gasteiger partial charge in [0, 0.05) is 17.5 Å². The minimum absolute atomic E-state index is 0.0218. The number of nitrogens with two attached hydrogens (primary N) is 2. The summed E-state index contributed by atoms with van der Waals surface area (Å²) < 4.78 is 15.7. The average Bonchev–Trinajstić information content (AvgIpc) is 2.98. The summed E-state index contributed by atoms with van der Waals surface area (Å²) in [6, 6.07) is 11.6. The van der Waals surface area contributed by atoms with Crippen molar-refractivity contribution in [1.29, 1.82) is 0 Å². The standard InChI is InChI=1S/C19H16ClFN6/c1-2-15-24-13-7-6-12(21)9-14(13)27(15)18-16(17(22)25-19(23)26-18)10-4-3-5-11(20)8-10/h3-9H,2H2,1H3,(H4,22,23,25,26). The van der Waals surface area contributed by atoms with Gasteiger partial charge in [-0.25, -0.2) is 9.37 Å². The van der Waals surface area contributed by atoms with Crippen LogP contribution in [0.3, 0.4) is 0 Å². The molecule has 0 aliphatic heterocycles. The van der Waals surface area contributed by atoms with E-state index in [0.29, 0.717) is 39.7 Å². The largest absolute Gasteiger partial charge is 0.383 e. The van der Waals surface area contributed by atoms with Crippen LogP contribution < -0.4 is 11.5 Å². The van der Waals surface area contributed by atoms with Gasteiger partial charge in [-0.15, -0.1) is 0 Å². The first-order valence-electron chi connectivity index (χ1n) is 8.34. The van der Waals surface area contributed by atoms with Crippen LogP contribution in [0.4, 0.5) is 16.2 Å². The molecule has 0 aliphatic carbocycles. The van der Waals surface area contributed by atoms with Crippen LogP contribution >= 0.6 is 11.6 Å². The maximum Gasteiger partial charge on any atom is 0.224 e. The second kappa shape index (κ2) is 6.51. The number of aryl methyl sites for hydroxylation is 1. The maximum atomic E-state index is 13.9. The number of halogens is 2. The molecule has 8 heteroatoms. The van der Waals surface area contributed by atoms with E-state index in [2.05, 4.69) is 15.0 Å². The number of nitrogens with zero attached hydrogens (tertiary/aromatic N) is 4. The third kappa shape index (κ3) is 2.96. The van der Waals surface area contributed by atoms with Gasteiger partial charge in [0.25, 0.3) is 0 Å². The molecule has 2 aromatic heterocycles. The van der Waals surface area contributed by atoms with Gasteiger partial charge in [-0.1, -0.05) is 30.7 Å². The summed E-state index contributed by atoms with van der Waals surface area (Å²) >= 11 is 6.15. The Balaban J connectivity index is 2.11. The van der Waals surface area contributed by atoms with E-state index in [-0.39, 0.29) is 17.6 Å². The fourth-order valence-corrected chi connectivity index (χ4v) is 3.33. The molecule has 6 nitrogen and oxygen atoms in total. The lowest BCUT2D eigenvalue weighted by Crippen LogP contribution is -2.11. The van der Waals surface area contributed by atoms with E-state index in [1.807, 2.05) is 19.1 Å². The van der Waals surface area contributed by atoms with Crippen LogP contribution in [-0.4, -0.2) is 19.5 Å². The summed E-state index contributed by atoms with van der Waals surface area (Å²) in [5, 5.41) is 0.548. The summed E-state index contributed by atoms with van der Waals surface area (Å²) in [7, 11) is 0. The highest BCUT2D eigenvalue weighted by Crippen LogP contribution is 2.34. The lowest BCUT2D eigenvalue weighted by atomic mass is 10.1. The molecule has 4 aromatic rings. The zero-order chi connectivity index (χ0) is 19.1. The molecule has 0 bridgehead atoms. The summed E-state index contributed by atoms with van der Waals surface area (Å²) in [5.74, 6) is 1.00. The fourth-order valence-electron chi connectivity index (χ4n) is 3.14. The Morgan fingerprint density at radius 3 is 2.63 bits per heavy atom. The molecule has 136 valence electrons. The normalized spacial score (nSPS) is 11.2. The van der Waals surface area contributed by atoms with Gasteiger partial charge >= 0.3 is 0 Å². The van der Waals surface area contributed by atoms with Gasteiger partial charge in [-0.05, 0) is 29.8 Å². The lowest BCUT2D eigenvalue weighted by Gasteiger charge is -2.15. The third-order valence-corrected chi connectivity index (χ3v) is 4.50. The van der Waals surface area contributed by atoms with Gasteiger partial charge in [-0.3, -0.25) is 4.57 Å². The van der Waals surface area contributed by atoms with Crippen LogP contribution in [0.2, 0.25) is 5.02 Å². The Labute approximate surface area is 159 Å². The minimum Gasteiger partial charge on any atom is -0.383 e. The Hall–Kier alpha value is -3.19. The smallest absolute Gasteiger partial charge is 0.224 e.